The van der Waals surface area contributed by atoms with Gasteiger partial charge < -0.3 is 5.11 Å². The molecule has 0 bridgehead atoms. The van der Waals surface area contributed by atoms with Crippen LogP contribution in [-0.2, 0) is 17.3 Å². The lowest BCUT2D eigenvalue weighted by molar-refractivity contribution is -0.115. The van der Waals surface area contributed by atoms with Crippen molar-refractivity contribution in [2.24, 2.45) is 7.05 Å². The van der Waals surface area contributed by atoms with Crippen molar-refractivity contribution in [3.05, 3.63) is 22.4 Å². The van der Waals surface area contributed by atoms with E-state index >= 15 is 0 Å². The van der Waals surface area contributed by atoms with Gasteiger partial charge in [-0.25, -0.2) is 0 Å². The summed E-state index contributed by atoms with van der Waals surface area (Å²) in [6.45, 7) is 7.82. The van der Waals surface area contributed by atoms with Gasteiger partial charge in [-0.05, 0) is 6.92 Å². The molecule has 2 heterocycles. The van der Waals surface area contributed by atoms with E-state index in [-0.39, 0.29) is 10.4 Å². The van der Waals surface area contributed by atoms with Crippen LogP contribution in [0.3, 0.4) is 0 Å². The Balaban J connectivity index is 2.43. The first-order valence-electron chi connectivity index (χ1n) is 6.07. The summed E-state index contributed by atoms with van der Waals surface area (Å²) in [5.74, 6) is 0.00477. The first kappa shape index (κ1) is 14.1. The largest absolute Gasteiger partial charge is 0.369 e. The number of aliphatic hydroxyl groups is 1. The second-order valence-electron chi connectivity index (χ2n) is 5.81. The Morgan fingerprint density at radius 3 is 2.37 bits per heavy atom. The van der Waals surface area contributed by atoms with E-state index in [9.17, 15) is 9.90 Å². The van der Waals surface area contributed by atoms with Crippen LogP contribution in [0.4, 0.5) is 5.82 Å². The van der Waals surface area contributed by atoms with Crippen molar-refractivity contribution in [3.63, 3.8) is 0 Å². The van der Waals surface area contributed by atoms with Crippen LogP contribution in [0.1, 0.15) is 33.4 Å². The summed E-state index contributed by atoms with van der Waals surface area (Å²) in [5, 5.41) is 14.4. The second kappa shape index (κ2) is 4.35. The molecule has 0 fully saturated rings. The van der Waals surface area contributed by atoms with Gasteiger partial charge in [-0.1, -0.05) is 32.4 Å². The van der Waals surface area contributed by atoms with Crippen molar-refractivity contribution in [1.29, 1.82) is 0 Å². The summed E-state index contributed by atoms with van der Waals surface area (Å²) >= 11 is 5.88. The molecule has 0 aromatic carbocycles. The Kier molecular flexibility index (Phi) is 3.23. The molecule has 0 saturated heterocycles. The first-order chi connectivity index (χ1) is 8.64. The molecule has 0 radical (unpaired) electrons. The number of carbonyl (C=O) groups is 1. The van der Waals surface area contributed by atoms with Crippen molar-refractivity contribution >= 4 is 23.3 Å². The monoisotopic (exact) mass is 283 g/mol. The fourth-order valence-electron chi connectivity index (χ4n) is 2.19. The number of aromatic nitrogens is 2. The third-order valence-electron chi connectivity index (χ3n) is 3.27. The lowest BCUT2D eigenvalue weighted by Crippen LogP contribution is -2.35. The number of halogens is 1. The van der Waals surface area contributed by atoms with Crippen LogP contribution < -0.4 is 4.90 Å². The zero-order valence-corrected chi connectivity index (χ0v) is 12.5. The van der Waals surface area contributed by atoms with Gasteiger partial charge in [-0.15, -0.1) is 0 Å². The molecule has 1 aliphatic heterocycles. The van der Waals surface area contributed by atoms with Crippen LogP contribution in [0.5, 0.6) is 0 Å². The predicted molar refractivity (Wildman–Crippen MR) is 74.0 cm³/mol. The number of aliphatic hydroxyl groups excluding tert-OH is 1. The highest BCUT2D eigenvalue weighted by atomic mass is 35.5. The number of hydrogen-bond donors (Lipinski definition) is 1. The van der Waals surface area contributed by atoms with Crippen molar-refractivity contribution in [1.82, 2.24) is 9.78 Å². The number of hydrogen-bond acceptors (Lipinski definition) is 3. The van der Waals surface area contributed by atoms with E-state index in [0.29, 0.717) is 11.4 Å². The van der Waals surface area contributed by atoms with Crippen LogP contribution in [0.15, 0.2) is 16.7 Å². The lowest BCUT2D eigenvalue weighted by Gasteiger charge is -2.19. The molecule has 1 aliphatic rings. The standard InChI is InChI=1S/C13H18ClN3O2/c1-7-10(14)12(19)17(11(7)18)9-6-8(13(2,3)4)16(5)15-9/h6,11,18H,1-5H3. The molecular weight excluding hydrogens is 266 g/mol. The van der Waals surface area contributed by atoms with E-state index in [1.165, 1.54) is 4.90 Å². The van der Waals surface area contributed by atoms with Crippen LogP contribution in [-0.4, -0.2) is 27.0 Å². The summed E-state index contributed by atoms with van der Waals surface area (Å²) in [6.07, 6.45) is -1.04. The number of aryl methyl sites for hydroxylation is 1. The number of anilines is 1. The van der Waals surface area contributed by atoms with Gasteiger partial charge >= 0.3 is 0 Å². The van der Waals surface area contributed by atoms with E-state index in [1.54, 1.807) is 11.6 Å². The Morgan fingerprint density at radius 2 is 2.00 bits per heavy atom. The number of amides is 1. The summed E-state index contributed by atoms with van der Waals surface area (Å²) in [5.41, 5.74) is 1.33. The van der Waals surface area contributed by atoms with E-state index in [4.69, 9.17) is 11.6 Å². The maximum Gasteiger partial charge on any atom is 0.273 e. The average molecular weight is 284 g/mol. The Labute approximate surface area is 117 Å². The molecule has 1 atom stereocenters. The Morgan fingerprint density at radius 1 is 1.42 bits per heavy atom. The van der Waals surface area contributed by atoms with Gasteiger partial charge in [0.25, 0.3) is 5.91 Å². The normalized spacial score (nSPS) is 20.7. The molecule has 1 N–H and O–H groups in total. The van der Waals surface area contributed by atoms with Crippen LogP contribution >= 0.6 is 11.6 Å². The van der Waals surface area contributed by atoms with Gasteiger partial charge in [0.15, 0.2) is 12.0 Å². The highest BCUT2D eigenvalue weighted by molar-refractivity contribution is 6.45. The van der Waals surface area contributed by atoms with Gasteiger partial charge in [0.2, 0.25) is 0 Å². The summed E-state index contributed by atoms with van der Waals surface area (Å²) in [6, 6.07) is 1.81. The third-order valence-corrected chi connectivity index (χ3v) is 3.73. The average Bonchev–Trinajstić information content (AvgIpc) is 2.75. The van der Waals surface area contributed by atoms with Gasteiger partial charge in [0.1, 0.15) is 5.03 Å². The minimum atomic E-state index is -1.04. The highest BCUT2D eigenvalue weighted by Gasteiger charge is 2.38. The molecule has 0 aliphatic carbocycles. The molecule has 1 amide bonds. The number of rotatable bonds is 1. The van der Waals surface area contributed by atoms with Crippen molar-refractivity contribution in [2.75, 3.05) is 4.90 Å². The van der Waals surface area contributed by atoms with Crippen LogP contribution in [0, 0.1) is 0 Å². The molecule has 1 aromatic rings. The maximum absolute atomic E-state index is 12.0. The third kappa shape index (κ3) is 2.17. The smallest absolute Gasteiger partial charge is 0.273 e. The van der Waals surface area contributed by atoms with E-state index in [1.807, 2.05) is 13.1 Å². The van der Waals surface area contributed by atoms with Crippen molar-refractivity contribution in [2.45, 2.75) is 39.3 Å². The highest BCUT2D eigenvalue weighted by Crippen LogP contribution is 2.33. The predicted octanol–water partition coefficient (Wildman–Crippen LogP) is 1.90. The quantitative estimate of drug-likeness (QED) is 0.856. The SMILES string of the molecule is CC1=C(Cl)C(=O)N(c2cc(C(C)(C)C)n(C)n2)C1O. The Hall–Kier alpha value is -1.33. The summed E-state index contributed by atoms with van der Waals surface area (Å²) < 4.78 is 1.72. The Bertz CT molecular complexity index is 569. The van der Waals surface area contributed by atoms with Gasteiger partial charge in [-0.2, -0.15) is 5.10 Å². The van der Waals surface area contributed by atoms with E-state index < -0.39 is 12.1 Å². The molecule has 0 spiro atoms. The fraction of sp³-hybridized carbons (Fsp3) is 0.538. The van der Waals surface area contributed by atoms with Gasteiger partial charge in [0, 0.05) is 29.8 Å². The molecule has 2 rings (SSSR count). The molecule has 19 heavy (non-hydrogen) atoms. The topological polar surface area (TPSA) is 58.4 Å². The first-order valence-corrected chi connectivity index (χ1v) is 6.45. The van der Waals surface area contributed by atoms with E-state index in [0.717, 1.165) is 5.69 Å². The minimum absolute atomic E-state index is 0.0652. The zero-order chi connectivity index (χ0) is 14.5. The van der Waals surface area contributed by atoms with Crippen LogP contribution in [0.2, 0.25) is 0 Å². The summed E-state index contributed by atoms with van der Waals surface area (Å²) in [4.78, 5) is 13.2. The fourth-order valence-corrected chi connectivity index (χ4v) is 2.38. The molecule has 1 aromatic heterocycles. The summed E-state index contributed by atoms with van der Waals surface area (Å²) in [7, 11) is 1.82. The molecule has 0 saturated carbocycles. The number of carbonyl (C=O) groups excluding carboxylic acids is 1. The van der Waals surface area contributed by atoms with Crippen molar-refractivity contribution < 1.29 is 9.90 Å². The zero-order valence-electron chi connectivity index (χ0n) is 11.7. The minimum Gasteiger partial charge on any atom is -0.369 e. The van der Waals surface area contributed by atoms with E-state index in [2.05, 4.69) is 25.9 Å². The van der Waals surface area contributed by atoms with Crippen LogP contribution in [0.25, 0.3) is 0 Å². The number of nitrogens with zero attached hydrogens (tertiary/aromatic N) is 3. The molecule has 104 valence electrons. The lowest BCUT2D eigenvalue weighted by atomic mass is 9.92. The molecule has 6 heteroatoms. The maximum atomic E-state index is 12.0. The van der Waals surface area contributed by atoms with Gasteiger partial charge in [0.05, 0.1) is 0 Å². The molecular formula is C13H18ClN3O2. The molecule has 5 nitrogen and oxygen atoms in total. The van der Waals surface area contributed by atoms with Gasteiger partial charge in [-0.3, -0.25) is 14.4 Å². The second-order valence-corrected chi connectivity index (χ2v) is 6.19. The molecule has 1 unspecified atom stereocenters. The van der Waals surface area contributed by atoms with Crippen molar-refractivity contribution in [3.8, 4) is 0 Å².